The van der Waals surface area contributed by atoms with Crippen LogP contribution in [0.4, 0.5) is 0 Å². The zero-order chi connectivity index (χ0) is 35.0. The van der Waals surface area contributed by atoms with Gasteiger partial charge in [0.05, 0.1) is 5.56 Å². The first kappa shape index (κ1) is 35.2. The van der Waals surface area contributed by atoms with Crippen molar-refractivity contribution in [3.05, 3.63) is 116 Å². The summed E-state index contributed by atoms with van der Waals surface area (Å²) >= 11 is 0. The lowest BCUT2D eigenvalue weighted by atomic mass is 9.97. The number of benzene rings is 3. The van der Waals surface area contributed by atoms with Crippen LogP contribution >= 0.6 is 0 Å². The van der Waals surface area contributed by atoms with Crippen molar-refractivity contribution in [1.29, 1.82) is 0 Å². The van der Waals surface area contributed by atoms with Gasteiger partial charge in [-0.15, -0.1) is 0 Å². The number of hydrogen-bond donors (Lipinski definition) is 0. The maximum atomic E-state index is 12.7. The molecule has 0 aliphatic heterocycles. The van der Waals surface area contributed by atoms with E-state index in [9.17, 15) is 24.0 Å². The lowest BCUT2D eigenvalue weighted by Crippen LogP contribution is -2.14. The second-order valence-electron chi connectivity index (χ2n) is 10.3. The predicted molar refractivity (Wildman–Crippen MR) is 175 cm³/mol. The lowest BCUT2D eigenvalue weighted by molar-refractivity contribution is -0.131. The summed E-state index contributed by atoms with van der Waals surface area (Å²) in [6, 6.07) is 13.6. The molecule has 0 radical (unpaired) electrons. The van der Waals surface area contributed by atoms with Crippen LogP contribution in [0.1, 0.15) is 27.7 Å². The van der Waals surface area contributed by atoms with E-state index in [1.807, 2.05) is 0 Å². The first-order valence-electron chi connectivity index (χ1n) is 13.9. The third-order valence-electron chi connectivity index (χ3n) is 6.07. The van der Waals surface area contributed by atoms with E-state index < -0.39 is 29.8 Å². The smallest absolute Gasteiger partial charge is 0.338 e. The fourth-order valence-electron chi connectivity index (χ4n) is 3.69. The van der Waals surface area contributed by atoms with Gasteiger partial charge < -0.3 is 23.7 Å². The highest BCUT2D eigenvalue weighted by atomic mass is 16.6. The third kappa shape index (κ3) is 9.11. The van der Waals surface area contributed by atoms with Crippen LogP contribution in [-0.4, -0.2) is 29.8 Å². The Morgan fingerprint density at radius 2 is 0.936 bits per heavy atom. The van der Waals surface area contributed by atoms with Gasteiger partial charge in [-0.3, -0.25) is 0 Å². The fraction of sp³-hybridized carbons (Fsp3) is 0.108. The van der Waals surface area contributed by atoms with Gasteiger partial charge in [-0.2, -0.15) is 0 Å². The minimum Gasteiger partial charge on any atom is -0.423 e. The average Bonchev–Trinajstić information content (AvgIpc) is 3.01. The first-order chi connectivity index (χ1) is 22.1. The van der Waals surface area contributed by atoms with Crippen LogP contribution < -0.4 is 23.7 Å². The molecule has 3 aromatic rings. The Morgan fingerprint density at radius 1 is 0.511 bits per heavy atom. The Hall–Kier alpha value is -6.29. The monoisotopic (exact) mass is 636 g/mol. The van der Waals surface area contributed by atoms with Gasteiger partial charge in [0.15, 0.2) is 0 Å². The number of hydrogen-bond acceptors (Lipinski definition) is 10. The van der Waals surface area contributed by atoms with E-state index >= 15 is 0 Å². The van der Waals surface area contributed by atoms with Crippen LogP contribution in [0.5, 0.6) is 28.7 Å². The quantitative estimate of drug-likeness (QED) is 0.116. The van der Waals surface area contributed by atoms with Crippen molar-refractivity contribution in [2.45, 2.75) is 27.7 Å². The molecule has 10 nitrogen and oxygen atoms in total. The number of carbonyl (C=O) groups excluding carboxylic acids is 5. The van der Waals surface area contributed by atoms with Crippen molar-refractivity contribution in [2.24, 2.45) is 0 Å². The molecule has 0 atom stereocenters. The molecule has 0 aliphatic rings. The molecule has 0 aromatic heterocycles. The molecule has 47 heavy (non-hydrogen) atoms. The second kappa shape index (κ2) is 15.1. The van der Waals surface area contributed by atoms with Gasteiger partial charge >= 0.3 is 29.8 Å². The van der Waals surface area contributed by atoms with Crippen molar-refractivity contribution >= 4 is 29.8 Å². The number of esters is 5. The zero-order valence-electron chi connectivity index (χ0n) is 26.4. The Balaban J connectivity index is 2.28. The predicted octanol–water partition coefficient (Wildman–Crippen LogP) is 7.04. The van der Waals surface area contributed by atoms with E-state index in [0.29, 0.717) is 11.1 Å². The van der Waals surface area contributed by atoms with Crippen LogP contribution in [0.3, 0.4) is 0 Å². The minimum atomic E-state index is -0.825. The Labute approximate surface area is 271 Å². The van der Waals surface area contributed by atoms with Crippen LogP contribution in [0, 0.1) is 0 Å². The molecule has 0 N–H and O–H groups in total. The summed E-state index contributed by atoms with van der Waals surface area (Å²) < 4.78 is 27.4. The summed E-state index contributed by atoms with van der Waals surface area (Å²) in [4.78, 5) is 62.1. The maximum absolute atomic E-state index is 12.7. The van der Waals surface area contributed by atoms with E-state index in [-0.39, 0.29) is 62.2 Å². The zero-order valence-corrected chi connectivity index (χ0v) is 26.4. The molecule has 0 bridgehead atoms. The van der Waals surface area contributed by atoms with Gasteiger partial charge in [0.1, 0.15) is 28.7 Å². The molecule has 0 fully saturated rings. The minimum absolute atomic E-state index is 0.0474. The second-order valence-corrected chi connectivity index (χ2v) is 10.3. The van der Waals surface area contributed by atoms with E-state index in [1.54, 1.807) is 36.4 Å². The molecule has 0 spiro atoms. The number of rotatable bonds is 12. The van der Waals surface area contributed by atoms with Gasteiger partial charge in [-0.1, -0.05) is 57.2 Å². The fourth-order valence-corrected chi connectivity index (χ4v) is 3.69. The normalized spacial score (nSPS) is 10.1. The third-order valence-corrected chi connectivity index (χ3v) is 6.07. The van der Waals surface area contributed by atoms with Gasteiger partial charge in [-0.25, -0.2) is 24.0 Å². The molecule has 0 aliphatic carbocycles. The molecule has 0 heterocycles. The van der Waals surface area contributed by atoms with E-state index in [4.69, 9.17) is 23.7 Å². The van der Waals surface area contributed by atoms with Gasteiger partial charge in [0.2, 0.25) is 0 Å². The van der Waals surface area contributed by atoms with Crippen molar-refractivity contribution in [1.82, 2.24) is 0 Å². The van der Waals surface area contributed by atoms with Crippen LogP contribution in [0.25, 0.3) is 22.3 Å². The van der Waals surface area contributed by atoms with Gasteiger partial charge in [0.25, 0.3) is 0 Å². The van der Waals surface area contributed by atoms with Crippen LogP contribution in [0.2, 0.25) is 0 Å². The highest BCUT2D eigenvalue weighted by Crippen LogP contribution is 2.45. The molecule has 0 unspecified atom stereocenters. The van der Waals surface area contributed by atoms with Crippen LogP contribution in [-0.2, 0) is 24.0 Å². The lowest BCUT2D eigenvalue weighted by Gasteiger charge is -2.19. The number of ether oxygens (including phenoxy) is 5. The molecule has 240 valence electrons. The van der Waals surface area contributed by atoms with E-state index in [0.717, 1.165) is 6.08 Å². The molecular weight excluding hydrogens is 604 g/mol. The highest BCUT2D eigenvalue weighted by molar-refractivity contribution is 5.95. The summed E-state index contributed by atoms with van der Waals surface area (Å²) in [5.74, 6) is -3.96. The Bertz CT molecular complexity index is 1810. The van der Waals surface area contributed by atoms with Crippen molar-refractivity contribution in [2.75, 3.05) is 0 Å². The summed E-state index contributed by atoms with van der Waals surface area (Å²) in [6.45, 7) is 23.6. The van der Waals surface area contributed by atoms with E-state index in [2.05, 4.69) is 32.9 Å². The molecule has 0 saturated heterocycles. The van der Waals surface area contributed by atoms with Gasteiger partial charge in [-0.05, 0) is 57.0 Å². The highest BCUT2D eigenvalue weighted by Gasteiger charge is 2.24. The maximum Gasteiger partial charge on any atom is 0.338 e. The largest absolute Gasteiger partial charge is 0.423 e. The van der Waals surface area contributed by atoms with Gasteiger partial charge in [0, 0.05) is 46.1 Å². The van der Waals surface area contributed by atoms with Crippen molar-refractivity contribution in [3.8, 4) is 51.0 Å². The van der Waals surface area contributed by atoms with Crippen LogP contribution in [0.15, 0.2) is 116 Å². The molecule has 3 aromatic carbocycles. The topological polar surface area (TPSA) is 132 Å². The summed E-state index contributed by atoms with van der Waals surface area (Å²) in [7, 11) is 0. The first-order valence-corrected chi connectivity index (χ1v) is 13.9. The molecule has 3 rings (SSSR count). The summed E-state index contributed by atoms with van der Waals surface area (Å²) in [6.07, 6.45) is 0.974. The molecule has 10 heteroatoms. The van der Waals surface area contributed by atoms with E-state index in [1.165, 1.54) is 45.9 Å². The summed E-state index contributed by atoms with van der Waals surface area (Å²) in [5, 5.41) is 0. The average molecular weight is 637 g/mol. The Kier molecular flexibility index (Phi) is 11.3. The van der Waals surface area contributed by atoms with Crippen molar-refractivity contribution < 1.29 is 47.7 Å². The van der Waals surface area contributed by atoms with Crippen molar-refractivity contribution in [3.63, 3.8) is 0 Å². The SMILES string of the molecule is C=CC(=O)Oc1cc(-c2c(OC(=O)C(=C)C)cc(OC(=O)C(=C)C)cc2OC(=O)C(=C)C)ccc1-c1ccc(OC(=O)C(=C)C)cc1. The molecule has 0 amide bonds. The summed E-state index contributed by atoms with van der Waals surface area (Å²) in [5.41, 5.74) is 1.75. The number of carbonyl (C=O) groups is 5. The Morgan fingerprint density at radius 3 is 1.38 bits per heavy atom. The molecule has 0 saturated carbocycles. The molecular formula is C37H32O10. The standard InChI is InChI=1S/C37H32O10/c1-10-32(38)45-29-17-25(13-16-28(29)24-11-14-26(15-12-24)43-34(39)20(2)3)33-30(46-36(41)22(6)7)18-27(44-35(40)21(4)5)19-31(33)47-37(42)23(8)9/h10-19H,1-2,4,6,8H2,3,5,7,9H3.